The lowest BCUT2D eigenvalue weighted by Crippen LogP contribution is -2.31. The van der Waals surface area contributed by atoms with E-state index in [2.05, 4.69) is 49.8 Å². The molecule has 1 aromatic rings. The van der Waals surface area contributed by atoms with Crippen LogP contribution in [0.25, 0.3) is 0 Å². The smallest absolute Gasteiger partial charge is 0.0965 e. The van der Waals surface area contributed by atoms with Gasteiger partial charge in [0.25, 0.3) is 0 Å². The fourth-order valence-electron chi connectivity index (χ4n) is 2.21. The molecular formula is C15H24N2S. The molecule has 1 aliphatic heterocycles. The summed E-state index contributed by atoms with van der Waals surface area (Å²) in [5.41, 5.74) is 1.60. The van der Waals surface area contributed by atoms with Gasteiger partial charge in [0.1, 0.15) is 0 Å². The molecule has 0 aliphatic carbocycles. The first-order valence-electron chi connectivity index (χ1n) is 6.77. The highest BCUT2D eigenvalue weighted by atomic mass is 32.2. The quantitative estimate of drug-likeness (QED) is 0.812. The number of pyridine rings is 1. The first-order chi connectivity index (χ1) is 8.45. The maximum atomic E-state index is 4.52. The molecule has 0 N–H and O–H groups in total. The van der Waals surface area contributed by atoms with Crippen molar-refractivity contribution in [1.29, 1.82) is 0 Å². The molecule has 3 heteroatoms. The SMILES string of the molecule is CN1CCC(Sc2cc(C(C)(C)C)ccn2)CC1. The summed E-state index contributed by atoms with van der Waals surface area (Å²) in [6.45, 7) is 9.21. The third kappa shape index (κ3) is 3.72. The fraction of sp³-hybridized carbons (Fsp3) is 0.667. The summed E-state index contributed by atoms with van der Waals surface area (Å²) >= 11 is 1.96. The minimum Gasteiger partial charge on any atom is -0.306 e. The van der Waals surface area contributed by atoms with Crippen LogP contribution >= 0.6 is 11.8 Å². The normalized spacial score (nSPS) is 19.1. The van der Waals surface area contributed by atoms with Crippen LogP contribution in [0.3, 0.4) is 0 Å². The van der Waals surface area contributed by atoms with Crippen molar-refractivity contribution < 1.29 is 0 Å². The van der Waals surface area contributed by atoms with Crippen molar-refractivity contribution in [2.24, 2.45) is 0 Å². The molecule has 0 radical (unpaired) electrons. The molecule has 18 heavy (non-hydrogen) atoms. The van der Waals surface area contributed by atoms with Crippen molar-refractivity contribution in [2.45, 2.75) is 49.3 Å². The second kappa shape index (κ2) is 5.62. The molecule has 0 amide bonds. The number of rotatable bonds is 2. The Morgan fingerprint density at radius 1 is 1.28 bits per heavy atom. The third-order valence-corrected chi connectivity index (χ3v) is 4.82. The zero-order chi connectivity index (χ0) is 13.2. The number of likely N-dealkylation sites (tertiary alicyclic amines) is 1. The summed E-state index contributed by atoms with van der Waals surface area (Å²) < 4.78 is 0. The molecule has 0 spiro atoms. The van der Waals surface area contributed by atoms with Gasteiger partial charge in [0.2, 0.25) is 0 Å². The summed E-state index contributed by atoms with van der Waals surface area (Å²) in [4.78, 5) is 6.93. The van der Waals surface area contributed by atoms with Crippen LogP contribution < -0.4 is 0 Å². The Bertz CT molecular complexity index is 390. The van der Waals surface area contributed by atoms with Crippen LogP contribution in [0.1, 0.15) is 39.2 Å². The van der Waals surface area contributed by atoms with E-state index in [1.165, 1.54) is 36.5 Å². The molecule has 0 aromatic carbocycles. The van der Waals surface area contributed by atoms with Gasteiger partial charge in [-0.25, -0.2) is 4.98 Å². The fourth-order valence-corrected chi connectivity index (χ4v) is 3.32. The highest BCUT2D eigenvalue weighted by Crippen LogP contribution is 2.31. The van der Waals surface area contributed by atoms with E-state index in [-0.39, 0.29) is 5.41 Å². The molecule has 0 unspecified atom stereocenters. The average molecular weight is 264 g/mol. The molecule has 1 aromatic heterocycles. The number of hydrogen-bond donors (Lipinski definition) is 0. The predicted octanol–water partition coefficient (Wildman–Crippen LogP) is 3.57. The van der Waals surface area contributed by atoms with Crippen molar-refractivity contribution in [3.63, 3.8) is 0 Å². The van der Waals surface area contributed by atoms with Crippen LogP contribution in [0.4, 0.5) is 0 Å². The summed E-state index contributed by atoms with van der Waals surface area (Å²) in [5.74, 6) is 0. The van der Waals surface area contributed by atoms with E-state index in [4.69, 9.17) is 0 Å². The van der Waals surface area contributed by atoms with Gasteiger partial charge in [0.15, 0.2) is 0 Å². The van der Waals surface area contributed by atoms with Crippen molar-refractivity contribution in [3.8, 4) is 0 Å². The number of nitrogens with zero attached hydrogens (tertiary/aromatic N) is 2. The maximum absolute atomic E-state index is 4.52. The van der Waals surface area contributed by atoms with E-state index in [1.807, 2.05) is 18.0 Å². The Hall–Kier alpha value is -0.540. The predicted molar refractivity (Wildman–Crippen MR) is 79.3 cm³/mol. The van der Waals surface area contributed by atoms with E-state index in [9.17, 15) is 0 Å². The van der Waals surface area contributed by atoms with Gasteiger partial charge in [0.05, 0.1) is 5.03 Å². The molecule has 0 bridgehead atoms. The molecule has 1 aliphatic rings. The van der Waals surface area contributed by atoms with Crippen LogP contribution in [0.2, 0.25) is 0 Å². The molecule has 0 atom stereocenters. The topological polar surface area (TPSA) is 16.1 Å². The lowest BCUT2D eigenvalue weighted by Gasteiger charge is -2.28. The van der Waals surface area contributed by atoms with E-state index < -0.39 is 0 Å². The number of aromatic nitrogens is 1. The minimum absolute atomic E-state index is 0.213. The molecule has 2 nitrogen and oxygen atoms in total. The van der Waals surface area contributed by atoms with Gasteiger partial charge in [-0.2, -0.15) is 0 Å². The van der Waals surface area contributed by atoms with Gasteiger partial charge in [-0.1, -0.05) is 20.8 Å². The van der Waals surface area contributed by atoms with Gasteiger partial charge in [-0.05, 0) is 56.1 Å². The molecule has 0 saturated carbocycles. The lowest BCUT2D eigenvalue weighted by atomic mass is 9.88. The van der Waals surface area contributed by atoms with Gasteiger partial charge >= 0.3 is 0 Å². The van der Waals surface area contributed by atoms with Gasteiger partial charge in [-0.3, -0.25) is 0 Å². The van der Waals surface area contributed by atoms with Crippen LogP contribution in [-0.4, -0.2) is 35.3 Å². The number of thioether (sulfide) groups is 1. The summed E-state index contributed by atoms with van der Waals surface area (Å²) in [6, 6.07) is 4.40. The van der Waals surface area contributed by atoms with E-state index in [0.29, 0.717) is 0 Å². The third-order valence-electron chi connectivity index (χ3n) is 3.55. The average Bonchev–Trinajstić information content (AvgIpc) is 2.31. The molecule has 1 saturated heterocycles. The zero-order valence-corrected chi connectivity index (χ0v) is 12.8. The van der Waals surface area contributed by atoms with Gasteiger partial charge < -0.3 is 4.90 Å². The van der Waals surface area contributed by atoms with Crippen molar-refractivity contribution in [3.05, 3.63) is 23.9 Å². The number of hydrogen-bond acceptors (Lipinski definition) is 3. The highest BCUT2D eigenvalue weighted by molar-refractivity contribution is 7.99. The number of piperidine rings is 1. The Morgan fingerprint density at radius 2 is 1.94 bits per heavy atom. The molecule has 2 rings (SSSR count). The van der Waals surface area contributed by atoms with Crippen LogP contribution in [0.15, 0.2) is 23.4 Å². The van der Waals surface area contributed by atoms with Gasteiger partial charge in [-0.15, -0.1) is 11.8 Å². The second-order valence-corrected chi connectivity index (χ2v) is 7.57. The molecule has 100 valence electrons. The molecule has 1 fully saturated rings. The minimum atomic E-state index is 0.213. The standard InChI is InChI=1S/C15H24N2S/c1-15(2,3)12-5-8-16-14(11-12)18-13-6-9-17(4)10-7-13/h5,8,11,13H,6-7,9-10H2,1-4H3. The van der Waals surface area contributed by atoms with Crippen molar-refractivity contribution in [2.75, 3.05) is 20.1 Å². The highest BCUT2D eigenvalue weighted by Gasteiger charge is 2.19. The van der Waals surface area contributed by atoms with Gasteiger partial charge in [0, 0.05) is 11.4 Å². The zero-order valence-electron chi connectivity index (χ0n) is 11.9. The van der Waals surface area contributed by atoms with E-state index in [1.54, 1.807) is 0 Å². The Morgan fingerprint density at radius 3 is 2.56 bits per heavy atom. The second-order valence-electron chi connectivity index (χ2n) is 6.25. The monoisotopic (exact) mass is 264 g/mol. The summed E-state index contributed by atoms with van der Waals surface area (Å²) in [6.07, 6.45) is 4.52. The molecular weight excluding hydrogens is 240 g/mol. The van der Waals surface area contributed by atoms with Crippen LogP contribution in [0, 0.1) is 0 Å². The largest absolute Gasteiger partial charge is 0.306 e. The Labute approximate surface area is 115 Å². The maximum Gasteiger partial charge on any atom is 0.0965 e. The first-order valence-corrected chi connectivity index (χ1v) is 7.65. The van der Waals surface area contributed by atoms with E-state index in [0.717, 1.165) is 5.25 Å². The van der Waals surface area contributed by atoms with E-state index >= 15 is 0 Å². The van der Waals surface area contributed by atoms with Crippen molar-refractivity contribution in [1.82, 2.24) is 9.88 Å². The molecule has 2 heterocycles. The van der Waals surface area contributed by atoms with Crippen molar-refractivity contribution >= 4 is 11.8 Å². The Balaban J connectivity index is 2.01. The Kier molecular flexibility index (Phi) is 4.33. The van der Waals surface area contributed by atoms with Crippen LogP contribution in [0.5, 0.6) is 0 Å². The van der Waals surface area contributed by atoms with Crippen LogP contribution in [-0.2, 0) is 5.41 Å². The lowest BCUT2D eigenvalue weighted by molar-refractivity contribution is 0.282. The summed E-state index contributed by atoms with van der Waals surface area (Å²) in [7, 11) is 2.21. The summed E-state index contributed by atoms with van der Waals surface area (Å²) in [5, 5.41) is 1.93. The first kappa shape index (κ1) is 13.9.